The van der Waals surface area contributed by atoms with E-state index < -0.39 is 5.41 Å². The Labute approximate surface area is 88.9 Å². The Hall–Kier alpha value is -0.900. The van der Waals surface area contributed by atoms with E-state index in [2.05, 4.69) is 18.6 Å². The molecule has 0 bridgehead atoms. The highest BCUT2D eigenvalue weighted by Crippen LogP contribution is 2.43. The standard InChI is InChI=1S/C11H16O4/c1-7(2)8-5-11(3-4-14-8)6-9(12)15-10(11)13/h7-8H,3-6H2,1-2H3. The van der Waals surface area contributed by atoms with Crippen LogP contribution in [-0.4, -0.2) is 24.6 Å². The van der Waals surface area contributed by atoms with Crippen LogP contribution in [0.2, 0.25) is 0 Å². The lowest BCUT2D eigenvalue weighted by atomic mass is 9.74. The van der Waals surface area contributed by atoms with Crippen molar-refractivity contribution in [2.75, 3.05) is 6.61 Å². The van der Waals surface area contributed by atoms with E-state index >= 15 is 0 Å². The summed E-state index contributed by atoms with van der Waals surface area (Å²) in [5, 5.41) is 0. The van der Waals surface area contributed by atoms with Crippen LogP contribution >= 0.6 is 0 Å². The molecule has 2 aliphatic rings. The van der Waals surface area contributed by atoms with E-state index in [1.165, 1.54) is 0 Å². The molecule has 4 heteroatoms. The molecule has 0 amide bonds. The van der Waals surface area contributed by atoms with Gasteiger partial charge in [0.1, 0.15) is 0 Å². The van der Waals surface area contributed by atoms with Crippen molar-refractivity contribution in [2.45, 2.75) is 39.2 Å². The molecule has 0 aromatic carbocycles. The number of cyclic esters (lactones) is 2. The van der Waals surface area contributed by atoms with E-state index in [0.29, 0.717) is 25.4 Å². The van der Waals surface area contributed by atoms with Gasteiger partial charge in [-0.15, -0.1) is 0 Å². The molecular formula is C11H16O4. The molecule has 0 aromatic heterocycles. The van der Waals surface area contributed by atoms with Crippen molar-refractivity contribution >= 4 is 11.9 Å². The quantitative estimate of drug-likeness (QED) is 0.485. The van der Waals surface area contributed by atoms with Gasteiger partial charge >= 0.3 is 11.9 Å². The Morgan fingerprint density at radius 3 is 2.67 bits per heavy atom. The molecule has 2 aliphatic heterocycles. The van der Waals surface area contributed by atoms with Crippen molar-refractivity contribution in [3.63, 3.8) is 0 Å². The number of carbonyl (C=O) groups is 2. The van der Waals surface area contributed by atoms with E-state index in [-0.39, 0.29) is 24.5 Å². The molecular weight excluding hydrogens is 196 g/mol. The van der Waals surface area contributed by atoms with Crippen LogP contribution in [0, 0.1) is 11.3 Å². The molecule has 1 spiro atoms. The summed E-state index contributed by atoms with van der Waals surface area (Å²) in [5.74, 6) is -0.364. The minimum atomic E-state index is -0.579. The third kappa shape index (κ3) is 1.78. The first-order valence-corrected chi connectivity index (χ1v) is 5.40. The number of rotatable bonds is 1. The molecule has 2 atom stereocenters. The molecule has 2 fully saturated rings. The summed E-state index contributed by atoms with van der Waals surface area (Å²) in [6.45, 7) is 4.67. The molecule has 2 saturated heterocycles. The van der Waals surface area contributed by atoms with Crippen molar-refractivity contribution in [1.29, 1.82) is 0 Å². The topological polar surface area (TPSA) is 52.6 Å². The fourth-order valence-corrected chi connectivity index (χ4v) is 2.32. The van der Waals surface area contributed by atoms with Gasteiger partial charge in [-0.3, -0.25) is 9.59 Å². The van der Waals surface area contributed by atoms with Crippen molar-refractivity contribution in [1.82, 2.24) is 0 Å². The average molecular weight is 212 g/mol. The maximum Gasteiger partial charge on any atom is 0.320 e. The maximum absolute atomic E-state index is 11.6. The van der Waals surface area contributed by atoms with Crippen molar-refractivity contribution in [2.24, 2.45) is 11.3 Å². The van der Waals surface area contributed by atoms with Gasteiger partial charge in [-0.2, -0.15) is 0 Å². The molecule has 0 saturated carbocycles. The van der Waals surface area contributed by atoms with Crippen LogP contribution in [0.5, 0.6) is 0 Å². The monoisotopic (exact) mass is 212 g/mol. The summed E-state index contributed by atoms with van der Waals surface area (Å²) >= 11 is 0. The molecule has 0 aromatic rings. The van der Waals surface area contributed by atoms with Gasteiger partial charge in [0, 0.05) is 6.61 Å². The second-order valence-electron chi connectivity index (χ2n) is 4.83. The van der Waals surface area contributed by atoms with Gasteiger partial charge in [-0.1, -0.05) is 13.8 Å². The predicted octanol–water partition coefficient (Wildman–Crippen LogP) is 1.28. The number of esters is 2. The minimum Gasteiger partial charge on any atom is -0.393 e. The van der Waals surface area contributed by atoms with Gasteiger partial charge in [0.25, 0.3) is 0 Å². The van der Waals surface area contributed by atoms with Crippen molar-refractivity contribution < 1.29 is 19.1 Å². The van der Waals surface area contributed by atoms with Crippen molar-refractivity contribution in [3.8, 4) is 0 Å². The van der Waals surface area contributed by atoms with E-state index in [4.69, 9.17) is 4.74 Å². The molecule has 4 nitrogen and oxygen atoms in total. The zero-order valence-corrected chi connectivity index (χ0v) is 9.12. The summed E-state index contributed by atoms with van der Waals surface area (Å²) < 4.78 is 10.2. The first-order chi connectivity index (χ1) is 7.03. The first-order valence-electron chi connectivity index (χ1n) is 5.40. The molecule has 84 valence electrons. The Morgan fingerprint density at radius 1 is 1.40 bits per heavy atom. The second kappa shape index (κ2) is 3.59. The zero-order chi connectivity index (χ0) is 11.1. The third-order valence-electron chi connectivity index (χ3n) is 3.37. The summed E-state index contributed by atoms with van der Waals surface area (Å²) in [5.41, 5.74) is -0.579. The van der Waals surface area contributed by atoms with Crippen LogP contribution in [0.3, 0.4) is 0 Å². The zero-order valence-electron chi connectivity index (χ0n) is 9.12. The van der Waals surface area contributed by atoms with E-state index in [1.807, 2.05) is 0 Å². The Morgan fingerprint density at radius 2 is 2.13 bits per heavy atom. The van der Waals surface area contributed by atoms with E-state index in [9.17, 15) is 9.59 Å². The van der Waals surface area contributed by atoms with Crippen LogP contribution in [-0.2, 0) is 19.1 Å². The molecule has 0 radical (unpaired) electrons. The SMILES string of the molecule is CC(C)C1CC2(CCO1)CC(=O)OC2=O. The van der Waals surface area contributed by atoms with E-state index in [1.54, 1.807) is 0 Å². The Balaban J connectivity index is 2.15. The molecule has 0 N–H and O–H groups in total. The highest BCUT2D eigenvalue weighted by atomic mass is 16.6. The average Bonchev–Trinajstić information content (AvgIpc) is 2.41. The Bertz CT molecular complexity index is 297. The van der Waals surface area contributed by atoms with Crippen LogP contribution in [0.15, 0.2) is 0 Å². The van der Waals surface area contributed by atoms with Gasteiger partial charge < -0.3 is 9.47 Å². The maximum atomic E-state index is 11.6. The summed E-state index contributed by atoms with van der Waals surface area (Å²) in [6, 6.07) is 0. The normalized spacial score (nSPS) is 36.3. The highest BCUT2D eigenvalue weighted by Gasteiger charge is 2.52. The smallest absolute Gasteiger partial charge is 0.320 e. The third-order valence-corrected chi connectivity index (χ3v) is 3.37. The second-order valence-corrected chi connectivity index (χ2v) is 4.83. The van der Waals surface area contributed by atoms with Crippen molar-refractivity contribution in [3.05, 3.63) is 0 Å². The lowest BCUT2D eigenvalue weighted by Gasteiger charge is -2.36. The van der Waals surface area contributed by atoms with Crippen LogP contribution in [0.1, 0.15) is 33.1 Å². The van der Waals surface area contributed by atoms with Gasteiger partial charge in [-0.05, 0) is 18.8 Å². The van der Waals surface area contributed by atoms with Gasteiger partial charge in [0.2, 0.25) is 0 Å². The fourth-order valence-electron chi connectivity index (χ4n) is 2.32. The molecule has 0 aliphatic carbocycles. The summed E-state index contributed by atoms with van der Waals surface area (Å²) in [4.78, 5) is 22.8. The van der Waals surface area contributed by atoms with Crippen LogP contribution in [0.25, 0.3) is 0 Å². The largest absolute Gasteiger partial charge is 0.393 e. The number of carbonyl (C=O) groups excluding carboxylic acids is 2. The lowest BCUT2D eigenvalue weighted by Crippen LogP contribution is -2.40. The van der Waals surface area contributed by atoms with Gasteiger partial charge in [-0.25, -0.2) is 0 Å². The molecule has 2 heterocycles. The number of ether oxygens (including phenoxy) is 2. The molecule has 2 rings (SSSR count). The summed E-state index contributed by atoms with van der Waals surface area (Å²) in [7, 11) is 0. The fraction of sp³-hybridized carbons (Fsp3) is 0.818. The molecule has 15 heavy (non-hydrogen) atoms. The van der Waals surface area contributed by atoms with Gasteiger partial charge in [0.05, 0.1) is 17.9 Å². The molecule has 2 unspecified atom stereocenters. The predicted molar refractivity (Wildman–Crippen MR) is 52.0 cm³/mol. The highest BCUT2D eigenvalue weighted by molar-refractivity contribution is 5.97. The number of hydrogen-bond donors (Lipinski definition) is 0. The van der Waals surface area contributed by atoms with E-state index in [0.717, 1.165) is 0 Å². The minimum absolute atomic E-state index is 0.0669. The van der Waals surface area contributed by atoms with Crippen LogP contribution < -0.4 is 0 Å². The Kier molecular flexibility index (Phi) is 2.54. The van der Waals surface area contributed by atoms with Crippen LogP contribution in [0.4, 0.5) is 0 Å². The summed E-state index contributed by atoms with van der Waals surface area (Å²) in [6.07, 6.45) is 1.53. The van der Waals surface area contributed by atoms with Gasteiger partial charge in [0.15, 0.2) is 0 Å². The first kappa shape index (κ1) is 10.6. The lowest BCUT2D eigenvalue weighted by molar-refractivity contribution is -0.159. The number of hydrogen-bond acceptors (Lipinski definition) is 4.